The van der Waals surface area contributed by atoms with Crippen LogP contribution in [0.1, 0.15) is 13.3 Å². The van der Waals surface area contributed by atoms with Crippen LogP contribution in [0.25, 0.3) is 0 Å². The summed E-state index contributed by atoms with van der Waals surface area (Å²) in [7, 11) is 3.80. The zero-order valence-corrected chi connectivity index (χ0v) is 11.1. The summed E-state index contributed by atoms with van der Waals surface area (Å²) in [5, 5.41) is 3.37. The third-order valence-corrected chi connectivity index (χ3v) is 2.71. The molecule has 0 spiro atoms. The number of anilines is 2. The van der Waals surface area contributed by atoms with E-state index >= 15 is 0 Å². The molecule has 1 amide bonds. The second-order valence-corrected chi connectivity index (χ2v) is 4.50. The molecule has 0 saturated carbocycles. The number of rotatable bonds is 4. The molecule has 17 heavy (non-hydrogen) atoms. The number of carbonyl (C=O) groups excluding carboxylic acids is 1. The third kappa shape index (κ3) is 3.61. The summed E-state index contributed by atoms with van der Waals surface area (Å²) in [6.45, 7) is 1.87. The standard InChI is InChI=1S/C12H18ClN3O/c1-4-9(14)12(17)15-10-7-8(13)5-6-11(10)16(2)3/h5-7,9H,4,14H2,1-3H3,(H,15,17)/t9-/m1/s1. The number of halogens is 1. The second-order valence-electron chi connectivity index (χ2n) is 4.06. The Kier molecular flexibility index (Phi) is 4.78. The van der Waals surface area contributed by atoms with Crippen LogP contribution in [-0.4, -0.2) is 26.0 Å². The van der Waals surface area contributed by atoms with Crippen molar-refractivity contribution in [2.24, 2.45) is 5.73 Å². The van der Waals surface area contributed by atoms with E-state index in [-0.39, 0.29) is 5.91 Å². The first-order valence-corrected chi connectivity index (χ1v) is 5.86. The Hall–Kier alpha value is -1.26. The quantitative estimate of drug-likeness (QED) is 0.866. The Morgan fingerprint density at radius 3 is 2.71 bits per heavy atom. The molecule has 0 fully saturated rings. The summed E-state index contributed by atoms with van der Waals surface area (Å²) >= 11 is 5.92. The molecular formula is C12H18ClN3O. The third-order valence-electron chi connectivity index (χ3n) is 2.47. The van der Waals surface area contributed by atoms with Crippen LogP contribution in [0.4, 0.5) is 11.4 Å². The van der Waals surface area contributed by atoms with E-state index in [1.54, 1.807) is 12.1 Å². The Bertz CT molecular complexity index is 407. The van der Waals surface area contributed by atoms with Crippen molar-refractivity contribution in [3.05, 3.63) is 23.2 Å². The highest BCUT2D eigenvalue weighted by molar-refractivity contribution is 6.31. The Morgan fingerprint density at radius 2 is 2.18 bits per heavy atom. The fourth-order valence-corrected chi connectivity index (χ4v) is 1.58. The molecule has 3 N–H and O–H groups in total. The molecule has 1 aromatic rings. The molecule has 0 aromatic heterocycles. The van der Waals surface area contributed by atoms with Gasteiger partial charge in [-0.25, -0.2) is 0 Å². The van der Waals surface area contributed by atoms with Gasteiger partial charge in [-0.05, 0) is 24.6 Å². The monoisotopic (exact) mass is 255 g/mol. The van der Waals surface area contributed by atoms with Gasteiger partial charge in [-0.15, -0.1) is 0 Å². The van der Waals surface area contributed by atoms with Crippen molar-refractivity contribution in [3.63, 3.8) is 0 Å². The topological polar surface area (TPSA) is 58.4 Å². The van der Waals surface area contributed by atoms with E-state index in [2.05, 4.69) is 5.32 Å². The zero-order chi connectivity index (χ0) is 13.0. The molecule has 1 atom stereocenters. The predicted molar refractivity (Wildman–Crippen MR) is 72.7 cm³/mol. The highest BCUT2D eigenvalue weighted by Crippen LogP contribution is 2.27. The minimum Gasteiger partial charge on any atom is -0.376 e. The van der Waals surface area contributed by atoms with Crippen LogP contribution in [-0.2, 0) is 4.79 Å². The van der Waals surface area contributed by atoms with E-state index in [1.807, 2.05) is 32.0 Å². The number of carbonyl (C=O) groups is 1. The second kappa shape index (κ2) is 5.89. The molecule has 1 rings (SSSR count). The lowest BCUT2D eigenvalue weighted by molar-refractivity contribution is -0.117. The number of hydrogen-bond donors (Lipinski definition) is 2. The van der Waals surface area contributed by atoms with Crippen molar-refractivity contribution in [1.29, 1.82) is 0 Å². The van der Waals surface area contributed by atoms with Crippen molar-refractivity contribution in [2.75, 3.05) is 24.3 Å². The van der Waals surface area contributed by atoms with Gasteiger partial charge in [-0.3, -0.25) is 4.79 Å². The normalized spacial score (nSPS) is 12.1. The van der Waals surface area contributed by atoms with E-state index < -0.39 is 6.04 Å². The Labute approximate surface area is 107 Å². The zero-order valence-electron chi connectivity index (χ0n) is 10.3. The van der Waals surface area contributed by atoms with Crippen molar-refractivity contribution < 1.29 is 4.79 Å². The van der Waals surface area contributed by atoms with E-state index in [0.29, 0.717) is 17.1 Å². The largest absolute Gasteiger partial charge is 0.376 e. The summed E-state index contributed by atoms with van der Waals surface area (Å²) < 4.78 is 0. The summed E-state index contributed by atoms with van der Waals surface area (Å²) in [5.41, 5.74) is 7.24. The molecule has 0 unspecified atom stereocenters. The van der Waals surface area contributed by atoms with Gasteiger partial charge in [-0.2, -0.15) is 0 Å². The predicted octanol–water partition coefficient (Wildman–Crippen LogP) is 2.08. The highest BCUT2D eigenvalue weighted by atomic mass is 35.5. The van der Waals surface area contributed by atoms with Gasteiger partial charge in [0.25, 0.3) is 0 Å². The fourth-order valence-electron chi connectivity index (χ4n) is 1.41. The number of hydrogen-bond acceptors (Lipinski definition) is 3. The van der Waals surface area contributed by atoms with Crippen LogP contribution in [0.2, 0.25) is 5.02 Å². The minimum absolute atomic E-state index is 0.196. The van der Waals surface area contributed by atoms with Gasteiger partial charge in [0.05, 0.1) is 17.4 Å². The van der Waals surface area contributed by atoms with Crippen molar-refractivity contribution in [1.82, 2.24) is 0 Å². The maximum atomic E-state index is 11.7. The maximum absolute atomic E-state index is 11.7. The van der Waals surface area contributed by atoms with E-state index in [1.165, 1.54) is 0 Å². The van der Waals surface area contributed by atoms with Crippen molar-refractivity contribution in [3.8, 4) is 0 Å². The van der Waals surface area contributed by atoms with E-state index in [0.717, 1.165) is 5.69 Å². The first-order valence-electron chi connectivity index (χ1n) is 5.49. The summed E-state index contributed by atoms with van der Waals surface area (Å²) in [6, 6.07) is 4.86. The number of nitrogens with two attached hydrogens (primary N) is 1. The average molecular weight is 256 g/mol. The van der Waals surface area contributed by atoms with Gasteiger partial charge in [-0.1, -0.05) is 18.5 Å². The van der Waals surface area contributed by atoms with Gasteiger partial charge in [0.15, 0.2) is 0 Å². The summed E-state index contributed by atoms with van der Waals surface area (Å²) in [5.74, 6) is -0.196. The average Bonchev–Trinajstić information content (AvgIpc) is 2.27. The fraction of sp³-hybridized carbons (Fsp3) is 0.417. The lowest BCUT2D eigenvalue weighted by Gasteiger charge is -2.19. The Morgan fingerprint density at radius 1 is 1.53 bits per heavy atom. The molecule has 94 valence electrons. The highest BCUT2D eigenvalue weighted by Gasteiger charge is 2.14. The van der Waals surface area contributed by atoms with Gasteiger partial charge in [0.2, 0.25) is 5.91 Å². The maximum Gasteiger partial charge on any atom is 0.241 e. The first kappa shape index (κ1) is 13.8. The molecule has 0 aliphatic carbocycles. The lowest BCUT2D eigenvalue weighted by atomic mass is 10.2. The molecule has 0 saturated heterocycles. The summed E-state index contributed by atoms with van der Waals surface area (Å²) in [4.78, 5) is 13.6. The molecule has 0 aliphatic rings. The van der Waals surface area contributed by atoms with Gasteiger partial charge < -0.3 is 16.0 Å². The molecule has 4 nitrogen and oxygen atoms in total. The van der Waals surface area contributed by atoms with Crippen LogP contribution in [0.15, 0.2) is 18.2 Å². The van der Waals surface area contributed by atoms with E-state index in [9.17, 15) is 4.79 Å². The van der Waals surface area contributed by atoms with Crippen LogP contribution >= 0.6 is 11.6 Å². The van der Waals surface area contributed by atoms with E-state index in [4.69, 9.17) is 17.3 Å². The number of nitrogens with zero attached hydrogens (tertiary/aromatic N) is 1. The number of nitrogens with one attached hydrogen (secondary N) is 1. The number of benzene rings is 1. The van der Waals surface area contributed by atoms with Gasteiger partial charge >= 0.3 is 0 Å². The smallest absolute Gasteiger partial charge is 0.241 e. The number of amides is 1. The van der Waals surface area contributed by atoms with Gasteiger partial charge in [0.1, 0.15) is 0 Å². The minimum atomic E-state index is -0.496. The van der Waals surface area contributed by atoms with Crippen molar-refractivity contribution in [2.45, 2.75) is 19.4 Å². The molecule has 0 radical (unpaired) electrons. The lowest BCUT2D eigenvalue weighted by Crippen LogP contribution is -2.35. The SMILES string of the molecule is CC[C@@H](N)C(=O)Nc1cc(Cl)ccc1N(C)C. The van der Waals surface area contributed by atoms with Crippen LogP contribution in [0, 0.1) is 0 Å². The van der Waals surface area contributed by atoms with Gasteiger partial charge in [0, 0.05) is 19.1 Å². The molecule has 5 heteroatoms. The summed E-state index contributed by atoms with van der Waals surface area (Å²) in [6.07, 6.45) is 0.601. The molecule has 0 heterocycles. The Balaban J connectivity index is 2.96. The van der Waals surface area contributed by atoms with Crippen LogP contribution < -0.4 is 16.0 Å². The molecule has 0 aliphatic heterocycles. The molecular weight excluding hydrogens is 238 g/mol. The van der Waals surface area contributed by atoms with Crippen molar-refractivity contribution >= 4 is 28.9 Å². The van der Waals surface area contributed by atoms with Crippen LogP contribution in [0.3, 0.4) is 0 Å². The molecule has 1 aromatic carbocycles. The van der Waals surface area contributed by atoms with Crippen LogP contribution in [0.5, 0.6) is 0 Å². The first-order chi connectivity index (χ1) is 7.95. The molecule has 0 bridgehead atoms.